The van der Waals surface area contributed by atoms with E-state index in [2.05, 4.69) is 21.2 Å². The molecule has 0 aliphatic carbocycles. The Kier molecular flexibility index (Phi) is 5.13. The van der Waals surface area contributed by atoms with Crippen molar-refractivity contribution < 1.29 is 22.0 Å². The summed E-state index contributed by atoms with van der Waals surface area (Å²) in [7, 11) is 0. The van der Waals surface area contributed by atoms with Crippen molar-refractivity contribution in [1.29, 1.82) is 0 Å². The Morgan fingerprint density at radius 1 is 1.28 bits per heavy atom. The molecule has 0 fully saturated rings. The first-order valence-electron chi connectivity index (χ1n) is 5.13. The van der Waals surface area contributed by atoms with Gasteiger partial charge in [0, 0.05) is 4.88 Å². The fourth-order valence-electron chi connectivity index (χ4n) is 1.34. The molecule has 0 radical (unpaired) electrons. The highest BCUT2D eigenvalue weighted by Gasteiger charge is 2.62. The van der Waals surface area contributed by atoms with Gasteiger partial charge in [0.05, 0.1) is 3.79 Å². The van der Waals surface area contributed by atoms with E-state index in [1.165, 1.54) is 12.1 Å². The Labute approximate surface area is 114 Å². The highest BCUT2D eigenvalue weighted by atomic mass is 79.9. The molecule has 1 aromatic rings. The molecular weight excluding hydrogens is 341 g/mol. The van der Waals surface area contributed by atoms with Crippen molar-refractivity contribution in [2.45, 2.75) is 31.5 Å². The van der Waals surface area contributed by atoms with Crippen molar-refractivity contribution >= 4 is 27.3 Å². The van der Waals surface area contributed by atoms with Crippen LogP contribution in [0.5, 0.6) is 0 Å². The van der Waals surface area contributed by atoms with Gasteiger partial charge in [-0.15, -0.1) is 11.3 Å². The lowest BCUT2D eigenvalue weighted by atomic mass is 10.1. The second kappa shape index (κ2) is 5.83. The van der Waals surface area contributed by atoms with Crippen molar-refractivity contribution in [3.63, 3.8) is 0 Å². The van der Waals surface area contributed by atoms with Gasteiger partial charge in [-0.2, -0.15) is 22.0 Å². The molecule has 18 heavy (non-hydrogen) atoms. The maximum Gasteiger partial charge on any atom is 0.455 e. The number of alkyl halides is 5. The Balaban J connectivity index is 3.05. The van der Waals surface area contributed by atoms with Gasteiger partial charge in [-0.05, 0) is 41.0 Å². The molecule has 1 unspecified atom stereocenters. The van der Waals surface area contributed by atoms with Gasteiger partial charge in [-0.3, -0.25) is 0 Å². The van der Waals surface area contributed by atoms with Gasteiger partial charge in [-0.1, -0.05) is 6.92 Å². The van der Waals surface area contributed by atoms with Crippen LogP contribution in [-0.4, -0.2) is 18.6 Å². The molecule has 1 rings (SSSR count). The van der Waals surface area contributed by atoms with Crippen LogP contribution in [0.1, 0.15) is 24.3 Å². The molecular formula is C10H11BrF5NS. The third-order valence-corrected chi connectivity index (χ3v) is 3.91. The van der Waals surface area contributed by atoms with Gasteiger partial charge in [-0.25, -0.2) is 0 Å². The minimum absolute atomic E-state index is 0.0438. The largest absolute Gasteiger partial charge is 0.455 e. The summed E-state index contributed by atoms with van der Waals surface area (Å²) in [6.07, 6.45) is -5.11. The molecule has 1 nitrogen and oxygen atoms in total. The van der Waals surface area contributed by atoms with Crippen LogP contribution in [0.4, 0.5) is 22.0 Å². The molecule has 0 saturated carbocycles. The first kappa shape index (κ1) is 15.8. The van der Waals surface area contributed by atoms with E-state index in [4.69, 9.17) is 0 Å². The van der Waals surface area contributed by atoms with Crippen LogP contribution in [-0.2, 0) is 0 Å². The standard InChI is InChI=1S/C10H11BrF5NS/c1-2-5-17-8(6-3-4-7(11)18-6)9(12,13)10(14,15)16/h3-4,8,17H,2,5H2,1H3. The molecule has 8 heteroatoms. The van der Waals surface area contributed by atoms with Crippen LogP contribution in [0.3, 0.4) is 0 Å². The lowest BCUT2D eigenvalue weighted by molar-refractivity contribution is -0.294. The van der Waals surface area contributed by atoms with Crippen LogP contribution in [0.2, 0.25) is 0 Å². The van der Waals surface area contributed by atoms with Crippen LogP contribution >= 0.6 is 27.3 Å². The molecule has 0 aromatic carbocycles. The predicted octanol–water partition coefficient (Wildman–Crippen LogP) is 4.75. The second-order valence-corrected chi connectivity index (χ2v) is 6.14. The maximum absolute atomic E-state index is 13.4. The maximum atomic E-state index is 13.4. The minimum Gasteiger partial charge on any atom is -0.304 e. The van der Waals surface area contributed by atoms with Crippen LogP contribution in [0.25, 0.3) is 0 Å². The van der Waals surface area contributed by atoms with Crippen molar-refractivity contribution in [2.75, 3.05) is 6.54 Å². The van der Waals surface area contributed by atoms with E-state index in [0.29, 0.717) is 10.2 Å². The highest BCUT2D eigenvalue weighted by molar-refractivity contribution is 9.11. The zero-order valence-electron chi connectivity index (χ0n) is 9.32. The van der Waals surface area contributed by atoms with E-state index in [1.54, 1.807) is 6.92 Å². The Hall–Kier alpha value is -0.210. The lowest BCUT2D eigenvalue weighted by Crippen LogP contribution is -2.47. The van der Waals surface area contributed by atoms with E-state index >= 15 is 0 Å². The highest BCUT2D eigenvalue weighted by Crippen LogP contribution is 2.46. The summed E-state index contributed by atoms with van der Waals surface area (Å²) in [5, 5.41) is 2.27. The summed E-state index contributed by atoms with van der Waals surface area (Å²) in [6, 6.07) is 0.670. The summed E-state index contributed by atoms with van der Waals surface area (Å²) < 4.78 is 64.6. The average molecular weight is 352 g/mol. The van der Waals surface area contributed by atoms with Crippen molar-refractivity contribution in [1.82, 2.24) is 5.32 Å². The molecule has 1 N–H and O–H groups in total. The van der Waals surface area contributed by atoms with E-state index in [9.17, 15) is 22.0 Å². The number of nitrogens with one attached hydrogen (secondary N) is 1. The first-order chi connectivity index (χ1) is 8.20. The molecule has 0 spiro atoms. The van der Waals surface area contributed by atoms with Gasteiger partial charge < -0.3 is 5.32 Å². The van der Waals surface area contributed by atoms with Crippen molar-refractivity contribution in [3.05, 3.63) is 20.8 Å². The first-order valence-corrected chi connectivity index (χ1v) is 6.74. The van der Waals surface area contributed by atoms with Crippen LogP contribution in [0.15, 0.2) is 15.9 Å². The summed E-state index contributed by atoms with van der Waals surface area (Å²) in [5.74, 6) is -4.80. The summed E-state index contributed by atoms with van der Waals surface area (Å²) in [6.45, 7) is 1.78. The number of thiophene rings is 1. The van der Waals surface area contributed by atoms with E-state index in [1.807, 2.05) is 0 Å². The molecule has 1 aromatic heterocycles. The minimum atomic E-state index is -5.57. The van der Waals surface area contributed by atoms with Gasteiger partial charge in [0.15, 0.2) is 0 Å². The summed E-state index contributed by atoms with van der Waals surface area (Å²) >= 11 is 3.91. The Morgan fingerprint density at radius 3 is 2.28 bits per heavy atom. The fourth-order valence-corrected chi connectivity index (χ4v) is 2.88. The van der Waals surface area contributed by atoms with Gasteiger partial charge in [0.2, 0.25) is 0 Å². The molecule has 0 aliphatic rings. The number of rotatable bonds is 5. The van der Waals surface area contributed by atoms with Gasteiger partial charge in [0.25, 0.3) is 0 Å². The number of halogens is 6. The molecule has 104 valence electrons. The molecule has 0 bridgehead atoms. The summed E-state index contributed by atoms with van der Waals surface area (Å²) in [4.78, 5) is -0.0438. The lowest BCUT2D eigenvalue weighted by Gasteiger charge is -2.28. The van der Waals surface area contributed by atoms with Gasteiger partial charge in [0.1, 0.15) is 6.04 Å². The smallest absolute Gasteiger partial charge is 0.304 e. The molecule has 0 aliphatic heterocycles. The monoisotopic (exact) mass is 351 g/mol. The summed E-state index contributed by atoms with van der Waals surface area (Å²) in [5.41, 5.74) is 0. The topological polar surface area (TPSA) is 12.0 Å². The average Bonchev–Trinajstić information content (AvgIpc) is 2.63. The van der Waals surface area contributed by atoms with Crippen LogP contribution in [0, 0.1) is 0 Å². The number of hydrogen-bond acceptors (Lipinski definition) is 2. The third-order valence-electron chi connectivity index (χ3n) is 2.22. The zero-order valence-corrected chi connectivity index (χ0v) is 11.7. The number of hydrogen-bond donors (Lipinski definition) is 1. The van der Waals surface area contributed by atoms with Gasteiger partial charge >= 0.3 is 12.1 Å². The van der Waals surface area contributed by atoms with E-state index < -0.39 is 18.1 Å². The molecule has 0 amide bonds. The second-order valence-electron chi connectivity index (χ2n) is 3.65. The van der Waals surface area contributed by atoms with E-state index in [0.717, 1.165) is 11.3 Å². The molecule has 1 heterocycles. The van der Waals surface area contributed by atoms with Crippen LogP contribution < -0.4 is 5.32 Å². The van der Waals surface area contributed by atoms with E-state index in [-0.39, 0.29) is 11.4 Å². The molecule has 0 saturated heterocycles. The van der Waals surface area contributed by atoms with Crippen molar-refractivity contribution in [2.24, 2.45) is 0 Å². The predicted molar refractivity (Wildman–Crippen MR) is 64.1 cm³/mol. The Morgan fingerprint density at radius 2 is 1.89 bits per heavy atom. The molecule has 1 atom stereocenters. The Bertz CT molecular complexity index is 390. The normalized spacial score (nSPS) is 14.8. The quantitative estimate of drug-likeness (QED) is 0.755. The third kappa shape index (κ3) is 3.42. The fraction of sp³-hybridized carbons (Fsp3) is 0.600. The SMILES string of the molecule is CCCNC(c1ccc(Br)s1)C(F)(F)C(F)(F)F. The van der Waals surface area contributed by atoms with Crippen molar-refractivity contribution in [3.8, 4) is 0 Å². The zero-order chi connectivity index (χ0) is 14.0.